The summed E-state index contributed by atoms with van der Waals surface area (Å²) < 4.78 is 0. The van der Waals surface area contributed by atoms with Crippen molar-refractivity contribution in [3.63, 3.8) is 0 Å². The predicted molar refractivity (Wildman–Crippen MR) is 77.3 cm³/mol. The number of aromatic nitrogens is 3. The van der Waals surface area contributed by atoms with Gasteiger partial charge < -0.3 is 4.98 Å². The van der Waals surface area contributed by atoms with Gasteiger partial charge in [-0.05, 0) is 30.3 Å². The molecule has 2 heterocycles. The molecule has 0 aliphatic rings. The lowest BCUT2D eigenvalue weighted by molar-refractivity contribution is 1.29. The highest BCUT2D eigenvalue weighted by Crippen LogP contribution is 2.29. The van der Waals surface area contributed by atoms with Crippen molar-refractivity contribution >= 4 is 23.2 Å². The summed E-state index contributed by atoms with van der Waals surface area (Å²) in [4.78, 5) is 11.7. The van der Waals surface area contributed by atoms with E-state index in [1.807, 2.05) is 18.2 Å². The first-order valence-electron chi connectivity index (χ1n) is 5.65. The van der Waals surface area contributed by atoms with Gasteiger partial charge in [-0.3, -0.25) is 4.98 Å². The minimum Gasteiger partial charge on any atom is -0.338 e. The second-order valence-electron chi connectivity index (χ2n) is 4.01. The Bertz CT molecular complexity index is 708. The van der Waals surface area contributed by atoms with Gasteiger partial charge in [0.1, 0.15) is 5.82 Å². The van der Waals surface area contributed by atoms with Crippen molar-refractivity contribution in [2.24, 2.45) is 0 Å². The van der Waals surface area contributed by atoms with Gasteiger partial charge in [-0.25, -0.2) is 4.98 Å². The molecule has 5 heteroatoms. The Labute approximate surface area is 120 Å². The summed E-state index contributed by atoms with van der Waals surface area (Å²) in [6, 6.07) is 9.18. The molecule has 3 nitrogen and oxygen atoms in total. The zero-order valence-electron chi connectivity index (χ0n) is 9.77. The highest BCUT2D eigenvalue weighted by Gasteiger charge is 2.09. The van der Waals surface area contributed by atoms with Gasteiger partial charge in [-0.15, -0.1) is 0 Å². The third kappa shape index (κ3) is 2.48. The first-order chi connectivity index (χ1) is 9.24. The summed E-state index contributed by atoms with van der Waals surface area (Å²) in [5.74, 6) is 0.709. The van der Waals surface area contributed by atoms with E-state index in [0.29, 0.717) is 15.9 Å². The SMILES string of the molecule is Clc1ccc(-c2ncc(-c3cccnc3)[nH]2)c(Cl)c1. The maximum atomic E-state index is 6.16. The second kappa shape index (κ2) is 5.03. The number of nitrogens with zero attached hydrogens (tertiary/aromatic N) is 2. The van der Waals surface area contributed by atoms with E-state index in [9.17, 15) is 0 Å². The van der Waals surface area contributed by atoms with Crippen LogP contribution in [0.3, 0.4) is 0 Å². The number of nitrogens with one attached hydrogen (secondary N) is 1. The molecule has 0 unspecified atom stereocenters. The molecule has 0 saturated heterocycles. The van der Waals surface area contributed by atoms with Crippen LogP contribution in [-0.4, -0.2) is 15.0 Å². The van der Waals surface area contributed by atoms with E-state index in [0.717, 1.165) is 16.8 Å². The highest BCUT2D eigenvalue weighted by molar-refractivity contribution is 6.36. The monoisotopic (exact) mass is 289 g/mol. The molecule has 0 bridgehead atoms. The molecule has 1 N–H and O–H groups in total. The zero-order valence-corrected chi connectivity index (χ0v) is 11.3. The quantitative estimate of drug-likeness (QED) is 0.757. The van der Waals surface area contributed by atoms with Crippen LogP contribution in [0.1, 0.15) is 0 Å². The van der Waals surface area contributed by atoms with Crippen LogP contribution in [0.15, 0.2) is 48.9 Å². The Morgan fingerprint density at radius 1 is 1.05 bits per heavy atom. The molecule has 0 amide bonds. The van der Waals surface area contributed by atoms with Crippen molar-refractivity contribution in [3.8, 4) is 22.6 Å². The fourth-order valence-electron chi connectivity index (χ4n) is 1.81. The molecule has 0 spiro atoms. The Morgan fingerprint density at radius 3 is 2.68 bits per heavy atom. The van der Waals surface area contributed by atoms with Crippen molar-refractivity contribution in [3.05, 3.63) is 59.0 Å². The number of H-pyrrole nitrogens is 1. The van der Waals surface area contributed by atoms with Gasteiger partial charge in [0.05, 0.1) is 16.9 Å². The number of aromatic amines is 1. The molecule has 3 rings (SSSR count). The van der Waals surface area contributed by atoms with E-state index in [1.165, 1.54) is 0 Å². The summed E-state index contributed by atoms with van der Waals surface area (Å²) >= 11 is 12.0. The van der Waals surface area contributed by atoms with E-state index in [-0.39, 0.29) is 0 Å². The molecule has 2 aromatic heterocycles. The van der Waals surface area contributed by atoms with Crippen LogP contribution in [-0.2, 0) is 0 Å². The number of hydrogen-bond acceptors (Lipinski definition) is 2. The lowest BCUT2D eigenvalue weighted by Gasteiger charge is -2.01. The van der Waals surface area contributed by atoms with Gasteiger partial charge in [0.2, 0.25) is 0 Å². The number of halogens is 2. The van der Waals surface area contributed by atoms with Crippen LogP contribution < -0.4 is 0 Å². The Kier molecular flexibility index (Phi) is 3.23. The van der Waals surface area contributed by atoms with E-state index in [1.54, 1.807) is 30.7 Å². The molecule has 0 aliphatic heterocycles. The highest BCUT2D eigenvalue weighted by atomic mass is 35.5. The van der Waals surface area contributed by atoms with Crippen LogP contribution in [0.2, 0.25) is 10.0 Å². The Hall–Kier alpha value is -1.84. The molecule has 0 atom stereocenters. The maximum absolute atomic E-state index is 6.16. The second-order valence-corrected chi connectivity index (χ2v) is 4.85. The first kappa shape index (κ1) is 12.2. The van der Waals surface area contributed by atoms with Gasteiger partial charge >= 0.3 is 0 Å². The molecule has 0 aliphatic carbocycles. The van der Waals surface area contributed by atoms with Crippen LogP contribution in [0.5, 0.6) is 0 Å². The molecule has 0 fully saturated rings. The minimum absolute atomic E-state index is 0.569. The van der Waals surface area contributed by atoms with Crippen molar-refractivity contribution in [2.45, 2.75) is 0 Å². The molecule has 94 valence electrons. The molecule has 1 aromatic carbocycles. The van der Waals surface area contributed by atoms with Crippen LogP contribution in [0, 0.1) is 0 Å². The normalized spacial score (nSPS) is 10.6. The first-order valence-corrected chi connectivity index (χ1v) is 6.40. The van der Waals surface area contributed by atoms with Crippen LogP contribution in [0.4, 0.5) is 0 Å². The molecule has 3 aromatic rings. The molecular weight excluding hydrogens is 281 g/mol. The fourth-order valence-corrected chi connectivity index (χ4v) is 2.31. The number of hydrogen-bond donors (Lipinski definition) is 1. The maximum Gasteiger partial charge on any atom is 0.139 e. The van der Waals surface area contributed by atoms with E-state index >= 15 is 0 Å². The van der Waals surface area contributed by atoms with E-state index in [2.05, 4.69) is 15.0 Å². The summed E-state index contributed by atoms with van der Waals surface area (Å²) in [7, 11) is 0. The standard InChI is InChI=1S/C14H9Cl2N3/c15-10-3-4-11(12(16)6-10)14-18-8-13(19-14)9-2-1-5-17-7-9/h1-8H,(H,18,19). The number of rotatable bonds is 2. The van der Waals surface area contributed by atoms with Gasteiger partial charge in [0.15, 0.2) is 0 Å². The molecule has 19 heavy (non-hydrogen) atoms. The smallest absolute Gasteiger partial charge is 0.139 e. The van der Waals surface area contributed by atoms with Crippen molar-refractivity contribution in [1.82, 2.24) is 15.0 Å². The van der Waals surface area contributed by atoms with E-state index < -0.39 is 0 Å². The summed E-state index contributed by atoms with van der Waals surface area (Å²) in [5, 5.41) is 1.17. The van der Waals surface area contributed by atoms with Crippen LogP contribution >= 0.6 is 23.2 Å². The van der Waals surface area contributed by atoms with Gasteiger partial charge in [-0.1, -0.05) is 23.2 Å². The third-order valence-corrected chi connectivity index (χ3v) is 3.28. The van der Waals surface area contributed by atoms with Gasteiger partial charge in [-0.2, -0.15) is 0 Å². The third-order valence-electron chi connectivity index (χ3n) is 2.73. The minimum atomic E-state index is 0.569. The topological polar surface area (TPSA) is 41.6 Å². The summed E-state index contributed by atoms with van der Waals surface area (Å²) in [6.45, 7) is 0. The zero-order chi connectivity index (χ0) is 13.2. The summed E-state index contributed by atoms with van der Waals surface area (Å²) in [6.07, 6.45) is 5.27. The Balaban J connectivity index is 2.02. The average Bonchev–Trinajstić information content (AvgIpc) is 2.89. The largest absolute Gasteiger partial charge is 0.338 e. The van der Waals surface area contributed by atoms with Crippen LogP contribution in [0.25, 0.3) is 22.6 Å². The lowest BCUT2D eigenvalue weighted by atomic mass is 10.2. The molecular formula is C14H9Cl2N3. The molecule has 0 radical (unpaired) electrons. The predicted octanol–water partition coefficient (Wildman–Crippen LogP) is 4.45. The van der Waals surface area contributed by atoms with Gasteiger partial charge in [0.25, 0.3) is 0 Å². The summed E-state index contributed by atoms with van der Waals surface area (Å²) in [5.41, 5.74) is 2.70. The fraction of sp³-hybridized carbons (Fsp3) is 0. The molecule has 0 saturated carbocycles. The van der Waals surface area contributed by atoms with Crippen molar-refractivity contribution in [2.75, 3.05) is 0 Å². The number of imidazole rings is 1. The lowest BCUT2D eigenvalue weighted by Crippen LogP contribution is -1.83. The average molecular weight is 290 g/mol. The number of pyridine rings is 1. The van der Waals surface area contributed by atoms with Gasteiger partial charge in [0, 0.05) is 28.5 Å². The van der Waals surface area contributed by atoms with Crippen molar-refractivity contribution < 1.29 is 0 Å². The van der Waals surface area contributed by atoms with Crippen molar-refractivity contribution in [1.29, 1.82) is 0 Å². The van der Waals surface area contributed by atoms with E-state index in [4.69, 9.17) is 23.2 Å². The number of benzene rings is 1. The Morgan fingerprint density at radius 2 is 1.95 bits per heavy atom.